The highest BCUT2D eigenvalue weighted by atomic mass is 35.5. The summed E-state index contributed by atoms with van der Waals surface area (Å²) in [7, 11) is 1.90. The van der Waals surface area contributed by atoms with E-state index in [1.807, 2.05) is 29.8 Å². The van der Waals surface area contributed by atoms with Gasteiger partial charge in [0.2, 0.25) is 6.54 Å². The van der Waals surface area contributed by atoms with Crippen LogP contribution in [0.5, 0.6) is 0 Å². The van der Waals surface area contributed by atoms with E-state index in [9.17, 15) is 5.11 Å². The number of nitrogens with zero attached hydrogens (tertiary/aromatic N) is 4. The first kappa shape index (κ1) is 16.4. The Kier molecular flexibility index (Phi) is 4.52. The number of imidazole rings is 1. The van der Waals surface area contributed by atoms with E-state index in [1.54, 1.807) is 19.4 Å². The van der Waals surface area contributed by atoms with Crippen LogP contribution in [-0.4, -0.2) is 26.2 Å². The second-order valence-corrected chi connectivity index (χ2v) is 6.16. The Morgan fingerprint density at radius 3 is 2.79 bits per heavy atom. The molecule has 1 unspecified atom stereocenters. The topological polar surface area (TPSA) is 55.3 Å². The van der Waals surface area contributed by atoms with Crippen molar-refractivity contribution < 1.29 is 5.11 Å². The van der Waals surface area contributed by atoms with Crippen LogP contribution >= 0.6 is 11.6 Å². The Morgan fingerprint density at radius 1 is 1.38 bits per heavy atom. The van der Waals surface area contributed by atoms with Gasteiger partial charge in [-0.3, -0.25) is 0 Å². The van der Waals surface area contributed by atoms with E-state index < -0.39 is 6.10 Å². The molecule has 0 fully saturated rings. The number of hydrogen-bond donors (Lipinski definition) is 1. The van der Waals surface area contributed by atoms with Gasteiger partial charge in [-0.15, -0.1) is 0 Å². The van der Waals surface area contributed by atoms with E-state index in [0.717, 1.165) is 33.4 Å². The zero-order chi connectivity index (χ0) is 17.3. The van der Waals surface area contributed by atoms with Gasteiger partial charge in [0.05, 0.1) is 35.5 Å². The highest BCUT2D eigenvalue weighted by Gasteiger charge is 2.15. The molecule has 1 N–H and O–H groups in total. The minimum absolute atomic E-state index is 0.385. The SMILES string of the molecule is [C-]#[N+]CCc1cc2c(C(C)O)cc(-c3cncn3C)nc2cc1Cl. The lowest BCUT2D eigenvalue weighted by Gasteiger charge is -2.14. The number of rotatable bonds is 4. The molecule has 0 saturated heterocycles. The molecule has 1 aromatic carbocycles. The van der Waals surface area contributed by atoms with Crippen LogP contribution in [0.1, 0.15) is 24.2 Å². The Hall–Kier alpha value is -2.42. The monoisotopic (exact) mass is 340 g/mol. The average molecular weight is 341 g/mol. The molecule has 3 rings (SSSR count). The molecule has 122 valence electrons. The van der Waals surface area contributed by atoms with Crippen molar-refractivity contribution in [2.75, 3.05) is 6.54 Å². The number of halogens is 1. The summed E-state index contributed by atoms with van der Waals surface area (Å²) in [6.45, 7) is 9.06. The van der Waals surface area contributed by atoms with Crippen LogP contribution < -0.4 is 0 Å². The van der Waals surface area contributed by atoms with E-state index in [4.69, 9.17) is 18.2 Å². The maximum atomic E-state index is 10.2. The van der Waals surface area contributed by atoms with Crippen LogP contribution in [0.15, 0.2) is 30.7 Å². The third-order valence-electron chi connectivity index (χ3n) is 4.03. The Balaban J connectivity index is 2.23. The van der Waals surface area contributed by atoms with Gasteiger partial charge in [0, 0.05) is 23.9 Å². The van der Waals surface area contributed by atoms with Gasteiger partial charge in [0.15, 0.2) is 0 Å². The van der Waals surface area contributed by atoms with Gasteiger partial charge in [-0.1, -0.05) is 11.6 Å². The van der Waals surface area contributed by atoms with Crippen LogP contribution in [0.2, 0.25) is 5.02 Å². The van der Waals surface area contributed by atoms with Gasteiger partial charge in [-0.25, -0.2) is 16.5 Å². The molecule has 6 heteroatoms. The molecule has 0 aliphatic rings. The molecular weight excluding hydrogens is 324 g/mol. The fourth-order valence-electron chi connectivity index (χ4n) is 2.77. The molecule has 2 aromatic heterocycles. The first-order valence-corrected chi connectivity index (χ1v) is 8.00. The summed E-state index contributed by atoms with van der Waals surface area (Å²) in [5.41, 5.74) is 4.02. The second-order valence-electron chi connectivity index (χ2n) is 5.75. The van der Waals surface area contributed by atoms with E-state index in [2.05, 4.69) is 14.8 Å². The predicted molar refractivity (Wildman–Crippen MR) is 94.8 cm³/mol. The Bertz CT molecular complexity index is 940. The van der Waals surface area contributed by atoms with Crippen molar-refractivity contribution in [2.45, 2.75) is 19.4 Å². The average Bonchev–Trinajstić information content (AvgIpc) is 2.97. The normalized spacial score (nSPS) is 12.3. The van der Waals surface area contributed by atoms with Crippen molar-refractivity contribution >= 4 is 22.5 Å². The zero-order valence-corrected chi connectivity index (χ0v) is 14.2. The van der Waals surface area contributed by atoms with Crippen molar-refractivity contribution in [3.8, 4) is 11.4 Å². The summed E-state index contributed by atoms with van der Waals surface area (Å²) in [6, 6.07) is 5.63. The number of fused-ring (bicyclic) bond motifs is 1. The molecule has 24 heavy (non-hydrogen) atoms. The van der Waals surface area contributed by atoms with Gasteiger partial charge in [0.1, 0.15) is 0 Å². The van der Waals surface area contributed by atoms with Gasteiger partial charge >= 0.3 is 0 Å². The molecule has 1 atom stereocenters. The third kappa shape index (κ3) is 2.99. The molecule has 0 aliphatic carbocycles. The van der Waals surface area contributed by atoms with E-state index in [-0.39, 0.29) is 0 Å². The summed E-state index contributed by atoms with van der Waals surface area (Å²) in [4.78, 5) is 12.2. The molecule has 5 nitrogen and oxygen atoms in total. The lowest BCUT2D eigenvalue weighted by atomic mass is 9.99. The Labute approximate surface area is 145 Å². The minimum atomic E-state index is -0.641. The largest absolute Gasteiger partial charge is 0.389 e. The zero-order valence-electron chi connectivity index (χ0n) is 13.5. The quantitative estimate of drug-likeness (QED) is 0.735. The fourth-order valence-corrected chi connectivity index (χ4v) is 3.02. The van der Waals surface area contributed by atoms with Crippen LogP contribution in [0.4, 0.5) is 0 Å². The molecule has 0 amide bonds. The molecule has 0 radical (unpaired) electrons. The molecule has 0 saturated carbocycles. The van der Waals surface area contributed by atoms with E-state index in [1.165, 1.54) is 0 Å². The molecule has 2 heterocycles. The number of benzene rings is 1. The number of pyridine rings is 1. The van der Waals surface area contributed by atoms with Gasteiger partial charge in [-0.05, 0) is 36.2 Å². The standard InChI is InChI=1S/C18H17ClN4O/c1-11(24)13-7-17(18-9-21-10-23(18)3)22-16-8-15(19)12(4-5-20-2)6-14(13)16/h6-11,24H,4-5H2,1,3H3. The number of aliphatic hydroxyl groups is 1. The Morgan fingerprint density at radius 2 is 2.17 bits per heavy atom. The molecule has 0 bridgehead atoms. The maximum Gasteiger partial charge on any atom is 0.218 e. The predicted octanol–water partition coefficient (Wildman–Crippen LogP) is 3.80. The van der Waals surface area contributed by atoms with Crippen molar-refractivity contribution in [2.24, 2.45) is 7.05 Å². The van der Waals surface area contributed by atoms with Crippen molar-refractivity contribution in [1.82, 2.24) is 14.5 Å². The first-order chi connectivity index (χ1) is 11.5. The number of aromatic nitrogens is 3. The third-order valence-corrected chi connectivity index (χ3v) is 4.38. The van der Waals surface area contributed by atoms with Gasteiger partial charge < -0.3 is 14.5 Å². The molecule has 0 spiro atoms. The lowest BCUT2D eigenvalue weighted by Crippen LogP contribution is -2.00. The minimum Gasteiger partial charge on any atom is -0.389 e. The smallest absolute Gasteiger partial charge is 0.218 e. The number of aliphatic hydroxyl groups excluding tert-OH is 1. The summed E-state index contributed by atoms with van der Waals surface area (Å²) in [5.74, 6) is 0. The van der Waals surface area contributed by atoms with E-state index >= 15 is 0 Å². The van der Waals surface area contributed by atoms with Crippen LogP contribution in [-0.2, 0) is 13.5 Å². The highest BCUT2D eigenvalue weighted by molar-refractivity contribution is 6.32. The summed E-state index contributed by atoms with van der Waals surface area (Å²) in [5, 5.41) is 11.7. The fraction of sp³-hybridized carbons (Fsp3) is 0.278. The van der Waals surface area contributed by atoms with Crippen LogP contribution in [0.25, 0.3) is 27.1 Å². The molecular formula is C18H17ClN4O. The van der Waals surface area contributed by atoms with Crippen molar-refractivity contribution in [3.05, 3.63) is 58.3 Å². The summed E-state index contributed by atoms with van der Waals surface area (Å²) >= 11 is 6.36. The van der Waals surface area contributed by atoms with Gasteiger partial charge in [-0.2, -0.15) is 0 Å². The first-order valence-electron chi connectivity index (χ1n) is 7.62. The van der Waals surface area contributed by atoms with E-state index in [0.29, 0.717) is 18.0 Å². The maximum absolute atomic E-state index is 10.2. The highest BCUT2D eigenvalue weighted by Crippen LogP contribution is 2.32. The number of aryl methyl sites for hydroxylation is 1. The van der Waals surface area contributed by atoms with Crippen LogP contribution in [0.3, 0.4) is 0 Å². The van der Waals surface area contributed by atoms with Crippen molar-refractivity contribution in [1.29, 1.82) is 0 Å². The van der Waals surface area contributed by atoms with Gasteiger partial charge in [0.25, 0.3) is 0 Å². The second kappa shape index (κ2) is 6.60. The lowest BCUT2D eigenvalue weighted by molar-refractivity contribution is 0.201. The molecule has 0 aliphatic heterocycles. The summed E-state index contributed by atoms with van der Waals surface area (Å²) in [6.07, 6.45) is 3.40. The number of hydrogen-bond acceptors (Lipinski definition) is 3. The van der Waals surface area contributed by atoms with Crippen molar-refractivity contribution in [3.63, 3.8) is 0 Å². The summed E-state index contributed by atoms with van der Waals surface area (Å²) < 4.78 is 1.88. The molecule has 3 aromatic rings. The van der Waals surface area contributed by atoms with Crippen LogP contribution in [0, 0.1) is 6.57 Å².